The number of nitro groups is 1. The van der Waals surface area contributed by atoms with E-state index in [4.69, 9.17) is 9.47 Å². The molecule has 0 unspecified atom stereocenters. The van der Waals surface area contributed by atoms with Crippen LogP contribution in [-0.2, 0) is 16.6 Å². The van der Waals surface area contributed by atoms with Crippen LogP contribution in [0.3, 0.4) is 0 Å². The van der Waals surface area contributed by atoms with Gasteiger partial charge in [0, 0.05) is 18.2 Å². The SMILES string of the molecule is COc1ccc(N(Cc2ccc(C(C)C)cc2)S(=O)(=O)c2cccc([N+](=O)[O-])c2)cc1OC. The predicted molar refractivity (Wildman–Crippen MR) is 127 cm³/mol. The molecule has 0 N–H and O–H groups in total. The number of hydrogen-bond acceptors (Lipinski definition) is 6. The number of nitro benzene ring substituents is 1. The van der Waals surface area contributed by atoms with E-state index in [0.29, 0.717) is 23.1 Å². The number of rotatable bonds is 9. The van der Waals surface area contributed by atoms with Crippen molar-refractivity contribution in [1.29, 1.82) is 0 Å². The average Bonchev–Trinajstić information content (AvgIpc) is 2.82. The fraction of sp³-hybridized carbons (Fsp3) is 0.250. The second kappa shape index (κ2) is 9.91. The lowest BCUT2D eigenvalue weighted by Crippen LogP contribution is -2.30. The Morgan fingerprint density at radius 1 is 0.939 bits per heavy atom. The van der Waals surface area contributed by atoms with Gasteiger partial charge in [-0.3, -0.25) is 14.4 Å². The summed E-state index contributed by atoms with van der Waals surface area (Å²) in [7, 11) is -1.19. The van der Waals surface area contributed by atoms with Crippen molar-refractivity contribution < 1.29 is 22.8 Å². The van der Waals surface area contributed by atoms with Crippen molar-refractivity contribution in [2.45, 2.75) is 31.2 Å². The third-order valence-electron chi connectivity index (χ3n) is 5.24. The first-order valence-electron chi connectivity index (χ1n) is 10.3. The van der Waals surface area contributed by atoms with E-state index in [2.05, 4.69) is 13.8 Å². The van der Waals surface area contributed by atoms with Crippen molar-refractivity contribution in [2.24, 2.45) is 0 Å². The first kappa shape index (κ1) is 24.1. The molecule has 0 aliphatic rings. The highest BCUT2D eigenvalue weighted by Crippen LogP contribution is 2.35. The summed E-state index contributed by atoms with van der Waals surface area (Å²) >= 11 is 0. The van der Waals surface area contributed by atoms with Gasteiger partial charge in [0.15, 0.2) is 11.5 Å². The van der Waals surface area contributed by atoms with Crippen molar-refractivity contribution in [1.82, 2.24) is 0 Å². The van der Waals surface area contributed by atoms with Crippen LogP contribution in [0.15, 0.2) is 71.6 Å². The topological polar surface area (TPSA) is 99.0 Å². The molecule has 0 atom stereocenters. The minimum absolute atomic E-state index is 0.0267. The van der Waals surface area contributed by atoms with Crippen LogP contribution in [0.25, 0.3) is 0 Å². The van der Waals surface area contributed by atoms with E-state index in [1.807, 2.05) is 24.3 Å². The minimum atomic E-state index is -4.15. The monoisotopic (exact) mass is 470 g/mol. The van der Waals surface area contributed by atoms with Gasteiger partial charge in [0.1, 0.15) is 0 Å². The maximum Gasteiger partial charge on any atom is 0.270 e. The van der Waals surface area contributed by atoms with Crippen LogP contribution in [0, 0.1) is 10.1 Å². The molecular formula is C24H26N2O6S. The van der Waals surface area contributed by atoms with Crippen LogP contribution in [0.4, 0.5) is 11.4 Å². The molecule has 3 rings (SSSR count). The van der Waals surface area contributed by atoms with Crippen molar-refractivity contribution in [3.8, 4) is 11.5 Å². The summed E-state index contributed by atoms with van der Waals surface area (Å²) in [6, 6.07) is 17.5. The van der Waals surface area contributed by atoms with E-state index in [1.54, 1.807) is 18.2 Å². The van der Waals surface area contributed by atoms with Gasteiger partial charge in [-0.2, -0.15) is 0 Å². The molecule has 174 valence electrons. The van der Waals surface area contributed by atoms with Crippen LogP contribution in [-0.4, -0.2) is 27.6 Å². The molecule has 33 heavy (non-hydrogen) atoms. The maximum absolute atomic E-state index is 13.7. The fourth-order valence-electron chi connectivity index (χ4n) is 3.35. The quantitative estimate of drug-likeness (QED) is 0.317. The van der Waals surface area contributed by atoms with Crippen molar-refractivity contribution >= 4 is 21.4 Å². The van der Waals surface area contributed by atoms with Gasteiger partial charge < -0.3 is 9.47 Å². The molecule has 0 bridgehead atoms. The van der Waals surface area contributed by atoms with Crippen LogP contribution >= 0.6 is 0 Å². The third-order valence-corrected chi connectivity index (χ3v) is 7.01. The third kappa shape index (κ3) is 5.25. The number of nitrogens with zero attached hydrogens (tertiary/aromatic N) is 2. The van der Waals surface area contributed by atoms with Crippen molar-refractivity contribution in [3.63, 3.8) is 0 Å². The van der Waals surface area contributed by atoms with E-state index in [-0.39, 0.29) is 17.1 Å². The highest BCUT2D eigenvalue weighted by atomic mass is 32.2. The highest BCUT2D eigenvalue weighted by Gasteiger charge is 2.28. The Bertz CT molecular complexity index is 1240. The second-order valence-electron chi connectivity index (χ2n) is 7.70. The summed E-state index contributed by atoms with van der Waals surface area (Å²) in [6.07, 6.45) is 0. The number of benzene rings is 3. The van der Waals surface area contributed by atoms with Crippen LogP contribution in [0.1, 0.15) is 30.9 Å². The molecule has 0 aliphatic carbocycles. The number of hydrogen-bond donors (Lipinski definition) is 0. The average molecular weight is 471 g/mol. The van der Waals surface area contributed by atoms with Crippen molar-refractivity contribution in [3.05, 3.63) is 88.0 Å². The maximum atomic E-state index is 13.7. The second-order valence-corrected chi connectivity index (χ2v) is 9.56. The van der Waals surface area contributed by atoms with E-state index >= 15 is 0 Å². The zero-order chi connectivity index (χ0) is 24.2. The molecular weight excluding hydrogens is 444 g/mol. The first-order valence-corrected chi connectivity index (χ1v) is 11.7. The Balaban J connectivity index is 2.12. The van der Waals surface area contributed by atoms with Gasteiger partial charge in [-0.05, 0) is 35.2 Å². The Labute approximate surface area is 193 Å². The number of sulfonamides is 1. The summed E-state index contributed by atoms with van der Waals surface area (Å²) in [6.45, 7) is 4.19. The van der Waals surface area contributed by atoms with E-state index in [9.17, 15) is 18.5 Å². The van der Waals surface area contributed by atoms with Crippen LogP contribution < -0.4 is 13.8 Å². The van der Waals surface area contributed by atoms with Crippen LogP contribution in [0.5, 0.6) is 11.5 Å². The van der Waals surface area contributed by atoms with Gasteiger partial charge in [0.2, 0.25) is 0 Å². The van der Waals surface area contributed by atoms with E-state index in [0.717, 1.165) is 17.2 Å². The lowest BCUT2D eigenvalue weighted by Gasteiger charge is -2.25. The molecule has 0 fully saturated rings. The first-order chi connectivity index (χ1) is 15.7. The number of ether oxygens (including phenoxy) is 2. The number of anilines is 1. The molecule has 0 radical (unpaired) electrons. The molecule has 3 aromatic rings. The lowest BCUT2D eigenvalue weighted by molar-refractivity contribution is -0.385. The minimum Gasteiger partial charge on any atom is -0.493 e. The largest absolute Gasteiger partial charge is 0.493 e. The molecule has 0 aromatic heterocycles. The Hall–Kier alpha value is -3.59. The van der Waals surface area contributed by atoms with Gasteiger partial charge in [0.25, 0.3) is 15.7 Å². The zero-order valence-electron chi connectivity index (χ0n) is 18.9. The number of methoxy groups -OCH3 is 2. The Morgan fingerprint density at radius 3 is 2.18 bits per heavy atom. The van der Waals surface area contributed by atoms with E-state index in [1.165, 1.54) is 36.7 Å². The molecule has 0 saturated heterocycles. The van der Waals surface area contributed by atoms with Gasteiger partial charge >= 0.3 is 0 Å². The zero-order valence-corrected chi connectivity index (χ0v) is 19.7. The summed E-state index contributed by atoms with van der Waals surface area (Å²) < 4.78 is 39.2. The molecule has 0 aliphatic heterocycles. The molecule has 8 nitrogen and oxygen atoms in total. The van der Waals surface area contributed by atoms with Crippen molar-refractivity contribution in [2.75, 3.05) is 18.5 Å². The van der Waals surface area contributed by atoms with Gasteiger partial charge in [0.05, 0.1) is 36.3 Å². The Morgan fingerprint density at radius 2 is 1.61 bits per heavy atom. The number of non-ortho nitro benzene ring substituents is 1. The summed E-state index contributed by atoms with van der Waals surface area (Å²) in [5.41, 5.74) is 1.94. The van der Waals surface area contributed by atoms with Gasteiger partial charge in [-0.1, -0.05) is 44.2 Å². The van der Waals surface area contributed by atoms with E-state index < -0.39 is 14.9 Å². The molecule has 9 heteroatoms. The van der Waals surface area contributed by atoms with Gasteiger partial charge in [-0.25, -0.2) is 8.42 Å². The Kier molecular flexibility index (Phi) is 7.23. The lowest BCUT2D eigenvalue weighted by atomic mass is 10.0. The molecule has 3 aromatic carbocycles. The highest BCUT2D eigenvalue weighted by molar-refractivity contribution is 7.92. The van der Waals surface area contributed by atoms with Gasteiger partial charge in [-0.15, -0.1) is 0 Å². The molecule has 0 heterocycles. The fourth-order valence-corrected chi connectivity index (χ4v) is 4.84. The molecule has 0 spiro atoms. The molecule has 0 saturated carbocycles. The smallest absolute Gasteiger partial charge is 0.270 e. The summed E-state index contributed by atoms with van der Waals surface area (Å²) in [5.74, 6) is 1.16. The summed E-state index contributed by atoms with van der Waals surface area (Å²) in [5, 5.41) is 11.2. The summed E-state index contributed by atoms with van der Waals surface area (Å²) in [4.78, 5) is 10.4. The standard InChI is InChI=1S/C24H26N2O6S/c1-17(2)19-10-8-18(9-11-19)16-25(20-12-13-23(31-3)24(15-20)32-4)33(29,30)22-7-5-6-21(14-22)26(27)28/h5-15,17H,16H2,1-4H3. The predicted octanol–water partition coefficient (Wildman–Crippen LogP) is 5.13. The normalized spacial score (nSPS) is 11.3. The molecule has 0 amide bonds. The van der Waals surface area contributed by atoms with Crippen LogP contribution in [0.2, 0.25) is 0 Å².